The number of para-hydroxylation sites is 2. The van der Waals surface area contributed by atoms with Gasteiger partial charge in [0.15, 0.2) is 5.58 Å². The van der Waals surface area contributed by atoms with E-state index in [9.17, 15) is 0 Å². The quantitative estimate of drug-likeness (QED) is 0.757. The Labute approximate surface area is 120 Å². The smallest absolute Gasteiger partial charge is 0.214 e. The van der Waals surface area contributed by atoms with Crippen LogP contribution in [0.4, 0.5) is 5.69 Å². The van der Waals surface area contributed by atoms with Crippen molar-refractivity contribution in [1.29, 1.82) is 0 Å². The van der Waals surface area contributed by atoms with Crippen LogP contribution in [-0.2, 0) is 6.54 Å². The highest BCUT2D eigenvalue weighted by molar-refractivity contribution is 6.35. The van der Waals surface area contributed by atoms with Gasteiger partial charge in [-0.15, -0.1) is 0 Å². The minimum absolute atomic E-state index is 0.453. The number of nitrogens with zero attached hydrogens (tertiary/aromatic N) is 1. The zero-order valence-corrected chi connectivity index (χ0v) is 11.4. The van der Waals surface area contributed by atoms with E-state index >= 15 is 0 Å². The van der Waals surface area contributed by atoms with Crippen molar-refractivity contribution in [2.45, 2.75) is 6.54 Å². The third kappa shape index (κ3) is 2.67. The van der Waals surface area contributed by atoms with E-state index in [0.717, 1.165) is 16.8 Å². The van der Waals surface area contributed by atoms with Crippen molar-refractivity contribution in [1.82, 2.24) is 4.98 Å². The summed E-state index contributed by atoms with van der Waals surface area (Å²) >= 11 is 12.0. The number of hydrogen-bond donors (Lipinski definition) is 1. The molecule has 0 aliphatic heterocycles. The molecule has 96 valence electrons. The van der Waals surface area contributed by atoms with Crippen molar-refractivity contribution < 1.29 is 4.42 Å². The van der Waals surface area contributed by atoms with E-state index in [0.29, 0.717) is 22.5 Å². The van der Waals surface area contributed by atoms with Gasteiger partial charge in [0.05, 0.1) is 17.3 Å². The molecule has 0 atom stereocenters. The fraction of sp³-hybridized carbons (Fsp3) is 0.0714. The average molecular weight is 293 g/mol. The first kappa shape index (κ1) is 12.3. The van der Waals surface area contributed by atoms with Gasteiger partial charge in [0.25, 0.3) is 0 Å². The molecule has 0 spiro atoms. The van der Waals surface area contributed by atoms with Crippen LogP contribution < -0.4 is 5.32 Å². The van der Waals surface area contributed by atoms with E-state index in [1.807, 2.05) is 24.3 Å². The normalized spacial score (nSPS) is 10.8. The van der Waals surface area contributed by atoms with Gasteiger partial charge in [-0.1, -0.05) is 35.3 Å². The van der Waals surface area contributed by atoms with Crippen LogP contribution >= 0.6 is 23.2 Å². The van der Waals surface area contributed by atoms with Gasteiger partial charge in [-0.2, -0.15) is 0 Å². The number of hydrogen-bond acceptors (Lipinski definition) is 3. The number of rotatable bonds is 3. The molecule has 0 unspecified atom stereocenters. The zero-order chi connectivity index (χ0) is 13.2. The van der Waals surface area contributed by atoms with Gasteiger partial charge in [0.1, 0.15) is 5.52 Å². The van der Waals surface area contributed by atoms with Gasteiger partial charge >= 0.3 is 0 Å². The standard InChI is InChI=1S/C14H10Cl2N2O/c15-9-5-6-10(16)12(7-9)17-8-14-18-11-3-1-2-4-13(11)19-14/h1-7,17H,8H2. The summed E-state index contributed by atoms with van der Waals surface area (Å²) in [6, 6.07) is 12.9. The fourth-order valence-corrected chi connectivity index (χ4v) is 2.16. The summed E-state index contributed by atoms with van der Waals surface area (Å²) in [5.41, 5.74) is 2.38. The second kappa shape index (κ2) is 5.11. The molecule has 19 heavy (non-hydrogen) atoms. The number of anilines is 1. The Bertz CT molecular complexity index is 691. The molecule has 0 radical (unpaired) electrons. The molecule has 2 aromatic carbocycles. The third-order valence-electron chi connectivity index (χ3n) is 2.70. The Morgan fingerprint density at radius 1 is 1.11 bits per heavy atom. The van der Waals surface area contributed by atoms with E-state index in [1.54, 1.807) is 18.2 Å². The first-order chi connectivity index (χ1) is 9.22. The monoisotopic (exact) mass is 292 g/mol. The lowest BCUT2D eigenvalue weighted by molar-refractivity contribution is 0.540. The molecule has 0 aliphatic carbocycles. The molecule has 1 N–H and O–H groups in total. The number of aromatic nitrogens is 1. The Morgan fingerprint density at radius 3 is 2.79 bits per heavy atom. The van der Waals surface area contributed by atoms with Crippen LogP contribution in [0.25, 0.3) is 11.1 Å². The van der Waals surface area contributed by atoms with Gasteiger partial charge in [-0.3, -0.25) is 0 Å². The molecule has 0 amide bonds. The summed E-state index contributed by atoms with van der Waals surface area (Å²) in [6.45, 7) is 0.453. The predicted octanol–water partition coefficient (Wildman–Crippen LogP) is 4.75. The molecule has 0 aliphatic rings. The molecule has 0 fully saturated rings. The molecule has 5 heteroatoms. The van der Waals surface area contributed by atoms with Gasteiger partial charge in [0.2, 0.25) is 5.89 Å². The van der Waals surface area contributed by atoms with Crippen LogP contribution in [0.15, 0.2) is 46.9 Å². The number of oxazole rings is 1. The molecular formula is C14H10Cl2N2O. The first-order valence-corrected chi connectivity index (χ1v) is 6.51. The molecule has 0 saturated heterocycles. The van der Waals surface area contributed by atoms with Crippen LogP contribution in [0, 0.1) is 0 Å². The number of fused-ring (bicyclic) bond motifs is 1. The van der Waals surface area contributed by atoms with E-state index in [4.69, 9.17) is 27.6 Å². The summed E-state index contributed by atoms with van der Waals surface area (Å²) in [7, 11) is 0. The Morgan fingerprint density at radius 2 is 1.95 bits per heavy atom. The Hall–Kier alpha value is -1.71. The summed E-state index contributed by atoms with van der Waals surface area (Å²) in [6.07, 6.45) is 0. The van der Waals surface area contributed by atoms with Crippen LogP contribution in [0.3, 0.4) is 0 Å². The molecular weight excluding hydrogens is 283 g/mol. The van der Waals surface area contributed by atoms with E-state index in [2.05, 4.69) is 10.3 Å². The first-order valence-electron chi connectivity index (χ1n) is 5.76. The molecule has 1 heterocycles. The van der Waals surface area contributed by atoms with Crippen molar-refractivity contribution >= 4 is 40.0 Å². The highest BCUT2D eigenvalue weighted by atomic mass is 35.5. The lowest BCUT2D eigenvalue weighted by Crippen LogP contribution is -2.00. The maximum atomic E-state index is 6.07. The highest BCUT2D eigenvalue weighted by Crippen LogP contribution is 2.26. The van der Waals surface area contributed by atoms with Crippen molar-refractivity contribution in [3.63, 3.8) is 0 Å². The Balaban J connectivity index is 1.80. The minimum Gasteiger partial charge on any atom is -0.439 e. The van der Waals surface area contributed by atoms with Gasteiger partial charge in [-0.25, -0.2) is 4.98 Å². The van der Waals surface area contributed by atoms with Gasteiger partial charge in [-0.05, 0) is 30.3 Å². The van der Waals surface area contributed by atoms with Crippen LogP contribution in [-0.4, -0.2) is 4.98 Å². The third-order valence-corrected chi connectivity index (χ3v) is 3.26. The van der Waals surface area contributed by atoms with Gasteiger partial charge < -0.3 is 9.73 Å². The maximum Gasteiger partial charge on any atom is 0.214 e. The average Bonchev–Trinajstić information content (AvgIpc) is 2.82. The summed E-state index contributed by atoms with van der Waals surface area (Å²) in [5, 5.41) is 4.40. The number of benzene rings is 2. The lowest BCUT2D eigenvalue weighted by Gasteiger charge is -2.06. The minimum atomic E-state index is 0.453. The fourth-order valence-electron chi connectivity index (χ4n) is 1.80. The van der Waals surface area contributed by atoms with E-state index in [1.165, 1.54) is 0 Å². The van der Waals surface area contributed by atoms with Crippen molar-refractivity contribution in [2.24, 2.45) is 0 Å². The molecule has 0 bridgehead atoms. The molecule has 3 aromatic rings. The second-order valence-electron chi connectivity index (χ2n) is 4.05. The highest BCUT2D eigenvalue weighted by Gasteiger charge is 2.06. The van der Waals surface area contributed by atoms with E-state index in [-0.39, 0.29) is 0 Å². The molecule has 3 nitrogen and oxygen atoms in total. The van der Waals surface area contributed by atoms with Gasteiger partial charge in [0, 0.05) is 5.02 Å². The number of halogens is 2. The lowest BCUT2D eigenvalue weighted by atomic mass is 10.3. The second-order valence-corrected chi connectivity index (χ2v) is 4.90. The SMILES string of the molecule is Clc1ccc(Cl)c(NCc2nc3ccccc3o2)c1. The van der Waals surface area contributed by atoms with Crippen molar-refractivity contribution in [2.75, 3.05) is 5.32 Å². The van der Waals surface area contributed by atoms with E-state index < -0.39 is 0 Å². The topological polar surface area (TPSA) is 38.1 Å². The number of nitrogens with one attached hydrogen (secondary N) is 1. The van der Waals surface area contributed by atoms with Crippen LogP contribution in [0.1, 0.15) is 5.89 Å². The zero-order valence-electron chi connectivity index (χ0n) is 9.86. The summed E-state index contributed by atoms with van der Waals surface area (Å²) in [5.74, 6) is 0.609. The predicted molar refractivity (Wildman–Crippen MR) is 77.8 cm³/mol. The van der Waals surface area contributed by atoms with Crippen molar-refractivity contribution in [3.05, 3.63) is 58.4 Å². The molecule has 0 saturated carbocycles. The maximum absolute atomic E-state index is 6.07. The molecule has 3 rings (SSSR count). The Kier molecular flexibility index (Phi) is 3.32. The van der Waals surface area contributed by atoms with Crippen LogP contribution in [0.5, 0.6) is 0 Å². The summed E-state index contributed by atoms with van der Waals surface area (Å²) in [4.78, 5) is 4.37. The van der Waals surface area contributed by atoms with Crippen LogP contribution in [0.2, 0.25) is 10.0 Å². The molecule has 1 aromatic heterocycles. The van der Waals surface area contributed by atoms with Crippen molar-refractivity contribution in [3.8, 4) is 0 Å². The summed E-state index contributed by atoms with van der Waals surface area (Å²) < 4.78 is 5.61. The largest absolute Gasteiger partial charge is 0.439 e.